The molecule has 0 saturated carbocycles. The van der Waals surface area contributed by atoms with Gasteiger partial charge in [-0.05, 0) is 31.8 Å². The van der Waals surface area contributed by atoms with Crippen LogP contribution < -0.4 is 5.73 Å². The summed E-state index contributed by atoms with van der Waals surface area (Å²) in [6, 6.07) is 3.92. The third kappa shape index (κ3) is 3.19. The number of aliphatic hydroxyl groups excluding tert-OH is 1. The smallest absolute Gasteiger partial charge is 0.123 e. The molecule has 1 fully saturated rings. The van der Waals surface area contributed by atoms with Crippen molar-refractivity contribution in [2.45, 2.75) is 18.6 Å². The van der Waals surface area contributed by atoms with Crippen LogP contribution in [0.15, 0.2) is 18.3 Å². The molecule has 0 aliphatic carbocycles. The minimum atomic E-state index is -0.375. The number of aliphatic hydroxyl groups is 1. The highest BCUT2D eigenvalue weighted by Gasteiger charge is 2.28. The Hall–Kier alpha value is -1.17. The molecular formula is C13H22N4O. The van der Waals surface area contributed by atoms with Crippen molar-refractivity contribution < 1.29 is 5.11 Å². The van der Waals surface area contributed by atoms with Gasteiger partial charge in [-0.15, -0.1) is 0 Å². The molecule has 2 rings (SSSR count). The average Bonchev–Trinajstić information content (AvgIpc) is 2.32. The third-order valence-corrected chi connectivity index (χ3v) is 3.63. The highest BCUT2D eigenvalue weighted by atomic mass is 16.3. The lowest BCUT2D eigenvalue weighted by molar-refractivity contribution is 0.0153. The van der Waals surface area contributed by atoms with Gasteiger partial charge in [0.05, 0.1) is 6.10 Å². The molecule has 0 radical (unpaired) electrons. The van der Waals surface area contributed by atoms with Gasteiger partial charge < -0.3 is 15.7 Å². The van der Waals surface area contributed by atoms with E-state index < -0.39 is 0 Å². The maximum absolute atomic E-state index is 10.4. The molecule has 100 valence electrons. The van der Waals surface area contributed by atoms with E-state index in [0.29, 0.717) is 12.2 Å². The van der Waals surface area contributed by atoms with Crippen molar-refractivity contribution in [2.24, 2.45) is 0 Å². The van der Waals surface area contributed by atoms with E-state index in [9.17, 15) is 5.11 Å². The van der Waals surface area contributed by atoms with Crippen molar-refractivity contribution in [3.8, 4) is 0 Å². The lowest BCUT2D eigenvalue weighted by Gasteiger charge is -2.40. The molecule has 18 heavy (non-hydrogen) atoms. The van der Waals surface area contributed by atoms with Gasteiger partial charge in [0, 0.05) is 38.3 Å². The number of hydrogen-bond acceptors (Lipinski definition) is 5. The van der Waals surface area contributed by atoms with Gasteiger partial charge in [-0.25, -0.2) is 4.98 Å². The molecule has 0 amide bonds. The molecule has 5 nitrogen and oxygen atoms in total. The average molecular weight is 250 g/mol. The quantitative estimate of drug-likeness (QED) is 0.778. The van der Waals surface area contributed by atoms with E-state index in [4.69, 9.17) is 5.73 Å². The number of pyridine rings is 1. The van der Waals surface area contributed by atoms with Crippen molar-refractivity contribution >= 4 is 5.82 Å². The Morgan fingerprint density at radius 1 is 1.50 bits per heavy atom. The van der Waals surface area contributed by atoms with Crippen LogP contribution in [0.2, 0.25) is 0 Å². The van der Waals surface area contributed by atoms with Crippen molar-refractivity contribution in [1.29, 1.82) is 0 Å². The second kappa shape index (κ2) is 5.65. The summed E-state index contributed by atoms with van der Waals surface area (Å²) in [5, 5.41) is 10.4. The van der Waals surface area contributed by atoms with Crippen LogP contribution in [0.1, 0.15) is 5.56 Å². The van der Waals surface area contributed by atoms with E-state index in [2.05, 4.69) is 28.9 Å². The Morgan fingerprint density at radius 3 is 3.00 bits per heavy atom. The van der Waals surface area contributed by atoms with Gasteiger partial charge in [0.25, 0.3) is 0 Å². The summed E-state index contributed by atoms with van der Waals surface area (Å²) in [5.74, 6) is 0.508. The normalized spacial score (nSPS) is 24.1. The number of anilines is 1. The molecule has 1 aliphatic heterocycles. The van der Waals surface area contributed by atoms with E-state index in [0.717, 1.165) is 25.2 Å². The Balaban J connectivity index is 2.00. The summed E-state index contributed by atoms with van der Waals surface area (Å²) in [6.07, 6.45) is 1.93. The minimum absolute atomic E-state index is 0.179. The molecule has 5 heteroatoms. The van der Waals surface area contributed by atoms with Crippen molar-refractivity contribution in [3.05, 3.63) is 23.9 Å². The van der Waals surface area contributed by atoms with Crippen LogP contribution in [0.25, 0.3) is 0 Å². The fourth-order valence-corrected chi connectivity index (χ4v) is 2.46. The number of likely N-dealkylation sites (N-methyl/N-ethyl adjacent to an activating group) is 2. The molecular weight excluding hydrogens is 228 g/mol. The van der Waals surface area contributed by atoms with Crippen molar-refractivity contribution in [1.82, 2.24) is 14.8 Å². The maximum Gasteiger partial charge on any atom is 0.123 e. The molecule has 0 bridgehead atoms. The third-order valence-electron chi connectivity index (χ3n) is 3.63. The SMILES string of the molecule is CN1CCN(C)C(C(O)Cc2ccnc(N)c2)C1. The summed E-state index contributed by atoms with van der Waals surface area (Å²) >= 11 is 0. The molecule has 1 saturated heterocycles. The zero-order chi connectivity index (χ0) is 13.1. The van der Waals surface area contributed by atoms with Gasteiger partial charge >= 0.3 is 0 Å². The van der Waals surface area contributed by atoms with Crippen LogP contribution in [0.4, 0.5) is 5.82 Å². The molecule has 3 N–H and O–H groups in total. The van der Waals surface area contributed by atoms with E-state index in [1.165, 1.54) is 0 Å². The largest absolute Gasteiger partial charge is 0.391 e. The zero-order valence-corrected chi connectivity index (χ0v) is 11.1. The summed E-state index contributed by atoms with van der Waals surface area (Å²) in [5.41, 5.74) is 6.69. The highest BCUT2D eigenvalue weighted by Crippen LogP contribution is 2.14. The second-order valence-electron chi connectivity index (χ2n) is 5.17. The lowest BCUT2D eigenvalue weighted by atomic mass is 10.00. The molecule has 2 heterocycles. The molecule has 0 spiro atoms. The first kappa shape index (κ1) is 13.3. The fourth-order valence-electron chi connectivity index (χ4n) is 2.46. The van der Waals surface area contributed by atoms with Gasteiger partial charge in [0.1, 0.15) is 5.82 Å². The molecule has 1 aromatic heterocycles. The van der Waals surface area contributed by atoms with Gasteiger partial charge in [-0.3, -0.25) is 4.90 Å². The van der Waals surface area contributed by atoms with Crippen molar-refractivity contribution in [2.75, 3.05) is 39.5 Å². The fraction of sp³-hybridized carbons (Fsp3) is 0.615. The predicted octanol–water partition coefficient (Wildman–Crippen LogP) is -0.187. The van der Waals surface area contributed by atoms with Crippen LogP contribution in [0.5, 0.6) is 0 Å². The number of piperazine rings is 1. The standard InChI is InChI=1S/C13H22N4O/c1-16-5-6-17(2)11(9-16)12(18)7-10-3-4-15-13(14)8-10/h3-4,8,11-12,18H,5-7,9H2,1-2H3,(H2,14,15). The number of hydrogen-bond donors (Lipinski definition) is 2. The number of rotatable bonds is 3. The highest BCUT2D eigenvalue weighted by molar-refractivity contribution is 5.32. The number of nitrogens with zero attached hydrogens (tertiary/aromatic N) is 3. The Morgan fingerprint density at radius 2 is 2.28 bits per heavy atom. The summed E-state index contributed by atoms with van der Waals surface area (Å²) in [4.78, 5) is 8.45. The minimum Gasteiger partial charge on any atom is -0.391 e. The Kier molecular flexibility index (Phi) is 4.16. The Labute approximate surface area is 108 Å². The first-order valence-corrected chi connectivity index (χ1v) is 6.33. The summed E-state index contributed by atoms with van der Waals surface area (Å²) in [6.45, 7) is 2.96. The van der Waals surface area contributed by atoms with Crippen LogP contribution in [0, 0.1) is 0 Å². The summed E-state index contributed by atoms with van der Waals surface area (Å²) < 4.78 is 0. The van der Waals surface area contributed by atoms with E-state index in [-0.39, 0.29) is 12.1 Å². The van der Waals surface area contributed by atoms with Crippen LogP contribution >= 0.6 is 0 Å². The number of aromatic nitrogens is 1. The molecule has 1 aliphatic rings. The van der Waals surface area contributed by atoms with Gasteiger partial charge in [0.2, 0.25) is 0 Å². The number of nitrogen functional groups attached to an aromatic ring is 1. The lowest BCUT2D eigenvalue weighted by Crippen LogP contribution is -2.55. The maximum atomic E-state index is 10.4. The first-order chi connectivity index (χ1) is 8.56. The van der Waals surface area contributed by atoms with Crippen LogP contribution in [-0.2, 0) is 6.42 Å². The van der Waals surface area contributed by atoms with E-state index >= 15 is 0 Å². The topological polar surface area (TPSA) is 65.6 Å². The second-order valence-corrected chi connectivity index (χ2v) is 5.17. The van der Waals surface area contributed by atoms with Crippen molar-refractivity contribution in [3.63, 3.8) is 0 Å². The Bertz CT molecular complexity index is 398. The van der Waals surface area contributed by atoms with Gasteiger partial charge in [0.15, 0.2) is 0 Å². The monoisotopic (exact) mass is 250 g/mol. The van der Waals surface area contributed by atoms with Crippen LogP contribution in [0.3, 0.4) is 0 Å². The van der Waals surface area contributed by atoms with Gasteiger partial charge in [-0.1, -0.05) is 0 Å². The molecule has 1 aromatic rings. The van der Waals surface area contributed by atoms with Gasteiger partial charge in [-0.2, -0.15) is 0 Å². The van der Waals surface area contributed by atoms with E-state index in [1.54, 1.807) is 6.20 Å². The predicted molar refractivity (Wildman–Crippen MR) is 72.3 cm³/mol. The number of nitrogens with two attached hydrogens (primary N) is 1. The zero-order valence-electron chi connectivity index (χ0n) is 11.1. The molecule has 2 unspecified atom stereocenters. The van der Waals surface area contributed by atoms with Crippen LogP contribution in [-0.4, -0.2) is 65.8 Å². The first-order valence-electron chi connectivity index (χ1n) is 6.33. The summed E-state index contributed by atoms with van der Waals surface area (Å²) in [7, 11) is 4.17. The van der Waals surface area contributed by atoms with E-state index in [1.807, 2.05) is 12.1 Å². The molecule has 2 atom stereocenters. The molecule has 0 aromatic carbocycles.